The first-order valence-corrected chi connectivity index (χ1v) is 4.79. The highest BCUT2D eigenvalue weighted by atomic mass is 16.1. The zero-order chi connectivity index (χ0) is 10.7. The Kier molecular flexibility index (Phi) is 2.64. The summed E-state index contributed by atoms with van der Waals surface area (Å²) in [6.07, 6.45) is 0. The summed E-state index contributed by atoms with van der Waals surface area (Å²) in [6, 6.07) is 13.7. The van der Waals surface area contributed by atoms with Crippen LogP contribution in [0.1, 0.15) is 5.56 Å². The van der Waals surface area contributed by atoms with Crippen LogP contribution >= 0.6 is 0 Å². The summed E-state index contributed by atoms with van der Waals surface area (Å²) in [5.41, 5.74) is 6.91. The molecule has 2 rings (SSSR count). The molecule has 0 spiro atoms. The van der Waals surface area contributed by atoms with Crippen LogP contribution in [0.2, 0.25) is 0 Å². The van der Waals surface area contributed by atoms with E-state index in [0.29, 0.717) is 5.57 Å². The van der Waals surface area contributed by atoms with Crippen molar-refractivity contribution in [3.63, 3.8) is 0 Å². The van der Waals surface area contributed by atoms with Gasteiger partial charge in [-0.2, -0.15) is 0 Å². The Labute approximate surface area is 88.0 Å². The van der Waals surface area contributed by atoms with E-state index in [1.165, 1.54) is 0 Å². The minimum absolute atomic E-state index is 0.220. The normalized spacial score (nSPS) is 9.93. The molecule has 2 heteroatoms. The summed E-state index contributed by atoms with van der Waals surface area (Å²) < 4.78 is 0. The molecule has 2 N–H and O–H groups in total. The summed E-state index contributed by atoms with van der Waals surface area (Å²) in [5, 5.41) is 2.15. The molecule has 74 valence electrons. The SMILES string of the molecule is NCC(=C=O)c1cccc2ccccc12. The number of fused-ring (bicyclic) bond motifs is 1. The van der Waals surface area contributed by atoms with Gasteiger partial charge >= 0.3 is 0 Å². The quantitative estimate of drug-likeness (QED) is 0.748. The second-order valence-electron chi connectivity index (χ2n) is 3.31. The molecule has 0 saturated carbocycles. The summed E-state index contributed by atoms with van der Waals surface area (Å²) in [4.78, 5) is 10.7. The maximum absolute atomic E-state index is 10.7. The van der Waals surface area contributed by atoms with Crippen LogP contribution in [0.25, 0.3) is 16.3 Å². The molecule has 0 aliphatic rings. The fourth-order valence-corrected chi connectivity index (χ4v) is 1.70. The molecule has 2 aromatic rings. The molecule has 0 radical (unpaired) electrons. The van der Waals surface area contributed by atoms with Gasteiger partial charge in [0.25, 0.3) is 0 Å². The van der Waals surface area contributed by atoms with Crippen LogP contribution in [0.4, 0.5) is 0 Å². The molecule has 2 aromatic carbocycles. The van der Waals surface area contributed by atoms with E-state index >= 15 is 0 Å². The van der Waals surface area contributed by atoms with E-state index in [-0.39, 0.29) is 6.54 Å². The lowest BCUT2D eigenvalue weighted by atomic mass is 9.99. The molecule has 0 aliphatic carbocycles. The van der Waals surface area contributed by atoms with Gasteiger partial charge in [0.15, 0.2) is 0 Å². The number of rotatable bonds is 2. The molecule has 0 atom stereocenters. The smallest absolute Gasteiger partial charge is 0.129 e. The van der Waals surface area contributed by atoms with Gasteiger partial charge in [0, 0.05) is 6.54 Å². The van der Waals surface area contributed by atoms with Gasteiger partial charge in [0.05, 0.1) is 5.57 Å². The third-order valence-electron chi connectivity index (χ3n) is 2.44. The molecule has 0 aromatic heterocycles. The Morgan fingerprint density at radius 3 is 2.60 bits per heavy atom. The first-order valence-electron chi connectivity index (χ1n) is 4.79. The molecule has 0 unspecified atom stereocenters. The van der Waals surface area contributed by atoms with Gasteiger partial charge in [0.2, 0.25) is 0 Å². The fraction of sp³-hybridized carbons (Fsp3) is 0.0769. The minimum atomic E-state index is 0.220. The van der Waals surface area contributed by atoms with Crippen molar-refractivity contribution in [2.75, 3.05) is 6.54 Å². The maximum Gasteiger partial charge on any atom is 0.129 e. The summed E-state index contributed by atoms with van der Waals surface area (Å²) >= 11 is 0. The van der Waals surface area contributed by atoms with Gasteiger partial charge in [-0.3, -0.25) is 0 Å². The standard InChI is InChI=1S/C13H11NO/c14-8-11(9-15)13-7-3-5-10-4-1-2-6-12(10)13/h1-7H,8,14H2. The Morgan fingerprint density at radius 2 is 1.87 bits per heavy atom. The summed E-state index contributed by atoms with van der Waals surface area (Å²) in [5.74, 6) is 1.90. The van der Waals surface area contributed by atoms with Crippen molar-refractivity contribution in [3.05, 3.63) is 48.0 Å². The monoisotopic (exact) mass is 197 g/mol. The fourth-order valence-electron chi connectivity index (χ4n) is 1.70. The molecular weight excluding hydrogens is 186 g/mol. The van der Waals surface area contributed by atoms with Gasteiger partial charge in [0.1, 0.15) is 5.94 Å². The van der Waals surface area contributed by atoms with Crippen LogP contribution in [0, 0.1) is 0 Å². The average Bonchev–Trinajstić information content (AvgIpc) is 2.31. The molecule has 0 heterocycles. The van der Waals surface area contributed by atoms with Gasteiger partial charge in [-0.05, 0) is 16.3 Å². The minimum Gasteiger partial charge on any atom is -0.326 e. The largest absolute Gasteiger partial charge is 0.326 e. The summed E-state index contributed by atoms with van der Waals surface area (Å²) in [6.45, 7) is 0.220. The lowest BCUT2D eigenvalue weighted by molar-refractivity contribution is 0.569. The number of carbonyl (C=O) groups excluding carboxylic acids is 1. The predicted molar refractivity (Wildman–Crippen MR) is 62.1 cm³/mol. The van der Waals surface area contributed by atoms with Crippen molar-refractivity contribution in [1.29, 1.82) is 0 Å². The number of hydrogen-bond donors (Lipinski definition) is 1. The number of nitrogens with two attached hydrogens (primary N) is 1. The van der Waals surface area contributed by atoms with Crippen LogP contribution < -0.4 is 5.73 Å². The third-order valence-corrected chi connectivity index (χ3v) is 2.44. The van der Waals surface area contributed by atoms with E-state index in [1.807, 2.05) is 48.4 Å². The molecule has 0 aliphatic heterocycles. The Bertz CT molecular complexity index is 534. The van der Waals surface area contributed by atoms with Crippen LogP contribution in [0.15, 0.2) is 42.5 Å². The van der Waals surface area contributed by atoms with Crippen molar-refractivity contribution in [3.8, 4) is 0 Å². The van der Waals surface area contributed by atoms with Gasteiger partial charge in [-0.1, -0.05) is 42.5 Å². The molecular formula is C13H11NO. The Balaban J connectivity index is 2.76. The molecule has 0 amide bonds. The zero-order valence-electron chi connectivity index (χ0n) is 8.23. The van der Waals surface area contributed by atoms with E-state index in [9.17, 15) is 4.79 Å². The van der Waals surface area contributed by atoms with Crippen molar-refractivity contribution >= 4 is 22.3 Å². The highest BCUT2D eigenvalue weighted by Gasteiger charge is 2.04. The number of benzene rings is 2. The molecule has 0 saturated heterocycles. The summed E-state index contributed by atoms with van der Waals surface area (Å²) in [7, 11) is 0. The van der Waals surface area contributed by atoms with Gasteiger partial charge < -0.3 is 5.73 Å². The lowest BCUT2D eigenvalue weighted by Gasteiger charge is -2.05. The van der Waals surface area contributed by atoms with Crippen molar-refractivity contribution in [2.24, 2.45) is 5.73 Å². The van der Waals surface area contributed by atoms with E-state index in [1.54, 1.807) is 0 Å². The van der Waals surface area contributed by atoms with Gasteiger partial charge in [-0.15, -0.1) is 0 Å². The second kappa shape index (κ2) is 4.09. The van der Waals surface area contributed by atoms with E-state index in [4.69, 9.17) is 5.73 Å². The Hall–Kier alpha value is -1.89. The first kappa shape index (κ1) is 9.66. The van der Waals surface area contributed by atoms with E-state index in [0.717, 1.165) is 16.3 Å². The topological polar surface area (TPSA) is 43.1 Å². The van der Waals surface area contributed by atoms with Crippen LogP contribution in [0.5, 0.6) is 0 Å². The van der Waals surface area contributed by atoms with E-state index < -0.39 is 0 Å². The molecule has 0 fully saturated rings. The van der Waals surface area contributed by atoms with Crippen molar-refractivity contribution < 1.29 is 4.79 Å². The van der Waals surface area contributed by atoms with Crippen LogP contribution in [-0.4, -0.2) is 12.5 Å². The maximum atomic E-state index is 10.7. The zero-order valence-corrected chi connectivity index (χ0v) is 8.23. The molecule has 2 nitrogen and oxygen atoms in total. The van der Waals surface area contributed by atoms with Crippen molar-refractivity contribution in [2.45, 2.75) is 0 Å². The average molecular weight is 197 g/mol. The highest BCUT2D eigenvalue weighted by molar-refractivity contribution is 6.00. The van der Waals surface area contributed by atoms with Gasteiger partial charge in [-0.25, -0.2) is 4.79 Å². The predicted octanol–water partition coefficient (Wildman–Crippen LogP) is 2.01. The molecule has 15 heavy (non-hydrogen) atoms. The number of hydrogen-bond acceptors (Lipinski definition) is 2. The highest BCUT2D eigenvalue weighted by Crippen LogP contribution is 2.22. The van der Waals surface area contributed by atoms with Crippen molar-refractivity contribution in [1.82, 2.24) is 0 Å². The third kappa shape index (κ3) is 1.68. The first-order chi connectivity index (χ1) is 7.36. The molecule has 0 bridgehead atoms. The van der Waals surface area contributed by atoms with Crippen LogP contribution in [0.3, 0.4) is 0 Å². The lowest BCUT2D eigenvalue weighted by Crippen LogP contribution is -2.03. The van der Waals surface area contributed by atoms with E-state index in [2.05, 4.69) is 0 Å². The second-order valence-corrected chi connectivity index (χ2v) is 3.31. The Morgan fingerprint density at radius 1 is 1.13 bits per heavy atom. The van der Waals surface area contributed by atoms with Crippen LogP contribution in [-0.2, 0) is 4.79 Å².